The standard InChI is InChI=1S/C22H20N4OS/c1-14-6-5-11-26-20(14)21(27)16-8-4-7-15(12-16)17(13-23)22(25)28-19-10-3-2-9-18(19)24/h2-12,21,27H,24-25H2,1H3/b22-17-. The zero-order valence-corrected chi connectivity index (χ0v) is 16.1. The van der Waals surface area contributed by atoms with E-state index in [9.17, 15) is 10.4 Å². The molecule has 0 fully saturated rings. The molecule has 5 nitrogen and oxygen atoms in total. The maximum Gasteiger partial charge on any atom is 0.121 e. The number of aromatic nitrogens is 1. The predicted octanol–water partition coefficient (Wildman–Crippen LogP) is 4.00. The summed E-state index contributed by atoms with van der Waals surface area (Å²) in [6, 6.07) is 20.4. The number of rotatable bonds is 5. The summed E-state index contributed by atoms with van der Waals surface area (Å²) in [5, 5.41) is 20.8. The van der Waals surface area contributed by atoms with Gasteiger partial charge in [0.1, 0.15) is 12.2 Å². The van der Waals surface area contributed by atoms with E-state index < -0.39 is 6.10 Å². The molecule has 1 aromatic heterocycles. The first-order valence-corrected chi connectivity index (χ1v) is 9.45. The van der Waals surface area contributed by atoms with Crippen LogP contribution in [0, 0.1) is 18.3 Å². The molecular weight excluding hydrogens is 368 g/mol. The monoisotopic (exact) mass is 388 g/mol. The molecule has 140 valence electrons. The molecule has 0 amide bonds. The van der Waals surface area contributed by atoms with E-state index in [0.29, 0.717) is 33.1 Å². The van der Waals surface area contributed by atoms with Crippen molar-refractivity contribution in [3.05, 3.63) is 94.3 Å². The molecule has 0 saturated heterocycles. The van der Waals surface area contributed by atoms with Crippen molar-refractivity contribution < 1.29 is 5.11 Å². The molecule has 0 aliphatic heterocycles. The summed E-state index contributed by atoms with van der Waals surface area (Å²) in [4.78, 5) is 5.07. The summed E-state index contributed by atoms with van der Waals surface area (Å²) >= 11 is 1.25. The van der Waals surface area contributed by atoms with Crippen LogP contribution in [-0.4, -0.2) is 10.1 Å². The van der Waals surface area contributed by atoms with Gasteiger partial charge in [-0.1, -0.05) is 48.2 Å². The van der Waals surface area contributed by atoms with Crippen LogP contribution in [0.3, 0.4) is 0 Å². The van der Waals surface area contributed by atoms with Crippen LogP contribution in [0.15, 0.2) is 76.8 Å². The van der Waals surface area contributed by atoms with Gasteiger partial charge in [0.2, 0.25) is 0 Å². The smallest absolute Gasteiger partial charge is 0.121 e. The first kappa shape index (κ1) is 19.5. The summed E-state index contributed by atoms with van der Waals surface area (Å²) in [7, 11) is 0. The molecule has 1 unspecified atom stereocenters. The van der Waals surface area contributed by atoms with Gasteiger partial charge in [-0.3, -0.25) is 4.98 Å². The number of nitrogen functional groups attached to an aromatic ring is 1. The normalized spacial score (nSPS) is 12.8. The Morgan fingerprint density at radius 2 is 1.93 bits per heavy atom. The number of anilines is 1. The number of aryl methyl sites for hydroxylation is 1. The zero-order chi connectivity index (χ0) is 20.1. The number of allylic oxidation sites excluding steroid dienone is 1. The Balaban J connectivity index is 1.96. The van der Waals surface area contributed by atoms with Crippen molar-refractivity contribution >= 4 is 23.0 Å². The summed E-state index contributed by atoms with van der Waals surface area (Å²) in [5.74, 6) is 0. The largest absolute Gasteiger partial charge is 0.398 e. The second-order valence-corrected chi connectivity index (χ2v) is 7.31. The number of benzene rings is 2. The highest BCUT2D eigenvalue weighted by Gasteiger charge is 2.16. The van der Waals surface area contributed by atoms with Gasteiger partial charge in [-0.05, 0) is 47.9 Å². The average Bonchev–Trinajstić information content (AvgIpc) is 2.70. The Bertz CT molecular complexity index is 1070. The molecule has 3 aromatic rings. The molecule has 5 N–H and O–H groups in total. The number of nitriles is 1. The third-order valence-electron chi connectivity index (χ3n) is 4.30. The highest BCUT2D eigenvalue weighted by atomic mass is 32.2. The van der Waals surface area contributed by atoms with E-state index in [1.807, 2.05) is 37.3 Å². The Hall–Kier alpha value is -3.27. The Morgan fingerprint density at radius 1 is 1.14 bits per heavy atom. The molecule has 0 radical (unpaired) electrons. The number of hydrogen-bond acceptors (Lipinski definition) is 6. The fourth-order valence-corrected chi connectivity index (χ4v) is 3.65. The molecule has 1 heterocycles. The van der Waals surface area contributed by atoms with Gasteiger partial charge in [0, 0.05) is 16.8 Å². The van der Waals surface area contributed by atoms with Crippen LogP contribution >= 0.6 is 11.8 Å². The van der Waals surface area contributed by atoms with Gasteiger partial charge >= 0.3 is 0 Å². The SMILES string of the molecule is Cc1cccnc1C(O)c1cccc(/C(C#N)=C(/N)Sc2ccccc2N)c1. The van der Waals surface area contributed by atoms with Crippen LogP contribution in [0.1, 0.15) is 28.5 Å². The number of aliphatic hydroxyl groups is 1. The molecule has 2 aromatic carbocycles. The number of thioether (sulfide) groups is 1. The number of nitrogens with zero attached hydrogens (tertiary/aromatic N) is 2. The van der Waals surface area contributed by atoms with Crippen LogP contribution in [0.25, 0.3) is 5.57 Å². The summed E-state index contributed by atoms with van der Waals surface area (Å²) in [6.45, 7) is 1.90. The van der Waals surface area contributed by atoms with Gasteiger partial charge in [0.05, 0.1) is 16.3 Å². The number of hydrogen-bond donors (Lipinski definition) is 3. The van der Waals surface area contributed by atoms with Crippen molar-refractivity contribution in [2.45, 2.75) is 17.9 Å². The number of para-hydroxylation sites is 1. The van der Waals surface area contributed by atoms with Crippen molar-refractivity contribution in [3.63, 3.8) is 0 Å². The second-order valence-electron chi connectivity index (χ2n) is 6.22. The van der Waals surface area contributed by atoms with Crippen molar-refractivity contribution in [2.75, 3.05) is 5.73 Å². The fraction of sp³-hybridized carbons (Fsp3) is 0.0909. The molecule has 28 heavy (non-hydrogen) atoms. The summed E-state index contributed by atoms with van der Waals surface area (Å²) < 4.78 is 0. The van der Waals surface area contributed by atoms with E-state index in [0.717, 1.165) is 10.5 Å². The Labute approximate surface area is 168 Å². The maximum atomic E-state index is 10.7. The Kier molecular flexibility index (Phi) is 5.99. The average molecular weight is 388 g/mol. The van der Waals surface area contributed by atoms with E-state index in [1.54, 1.807) is 36.5 Å². The van der Waals surface area contributed by atoms with Crippen molar-refractivity contribution in [3.8, 4) is 6.07 Å². The minimum atomic E-state index is -0.889. The highest BCUT2D eigenvalue weighted by Crippen LogP contribution is 2.33. The van der Waals surface area contributed by atoms with Crippen LogP contribution < -0.4 is 11.5 Å². The van der Waals surface area contributed by atoms with E-state index in [1.165, 1.54) is 11.8 Å². The molecule has 6 heteroatoms. The quantitative estimate of drug-likeness (QED) is 0.346. The van der Waals surface area contributed by atoms with Crippen molar-refractivity contribution in [1.82, 2.24) is 4.98 Å². The third kappa shape index (κ3) is 4.17. The number of aliphatic hydroxyl groups excluding tert-OH is 1. The van der Waals surface area contributed by atoms with Gasteiger partial charge in [0.15, 0.2) is 0 Å². The van der Waals surface area contributed by atoms with Crippen molar-refractivity contribution in [2.24, 2.45) is 5.73 Å². The van der Waals surface area contributed by atoms with E-state index in [2.05, 4.69) is 11.1 Å². The second kappa shape index (κ2) is 8.61. The van der Waals surface area contributed by atoms with Gasteiger partial charge in [-0.2, -0.15) is 5.26 Å². The summed E-state index contributed by atoms with van der Waals surface area (Å²) in [6.07, 6.45) is 0.759. The molecule has 3 rings (SSSR count). The minimum Gasteiger partial charge on any atom is -0.398 e. The maximum absolute atomic E-state index is 10.7. The summed E-state index contributed by atoms with van der Waals surface area (Å²) in [5.41, 5.74) is 15.9. The molecule has 1 atom stereocenters. The van der Waals surface area contributed by atoms with Crippen LogP contribution in [0.2, 0.25) is 0 Å². The molecule has 0 bridgehead atoms. The van der Waals surface area contributed by atoms with E-state index in [4.69, 9.17) is 11.5 Å². The minimum absolute atomic E-state index is 0.333. The topological polar surface area (TPSA) is 109 Å². The molecule has 0 aliphatic rings. The first-order chi connectivity index (χ1) is 13.5. The lowest BCUT2D eigenvalue weighted by Crippen LogP contribution is -2.05. The first-order valence-electron chi connectivity index (χ1n) is 8.63. The van der Waals surface area contributed by atoms with Gasteiger partial charge in [-0.15, -0.1) is 0 Å². The third-order valence-corrected chi connectivity index (χ3v) is 5.31. The fourth-order valence-electron chi connectivity index (χ4n) is 2.81. The van der Waals surface area contributed by atoms with Gasteiger partial charge < -0.3 is 16.6 Å². The molecular formula is C22H20N4OS. The lowest BCUT2D eigenvalue weighted by molar-refractivity contribution is 0.214. The zero-order valence-electron chi connectivity index (χ0n) is 15.3. The highest BCUT2D eigenvalue weighted by molar-refractivity contribution is 8.03. The van der Waals surface area contributed by atoms with Crippen LogP contribution in [0.5, 0.6) is 0 Å². The lowest BCUT2D eigenvalue weighted by atomic mass is 9.98. The van der Waals surface area contributed by atoms with Crippen LogP contribution in [-0.2, 0) is 0 Å². The van der Waals surface area contributed by atoms with E-state index in [-0.39, 0.29) is 0 Å². The van der Waals surface area contributed by atoms with Crippen molar-refractivity contribution in [1.29, 1.82) is 5.26 Å². The Morgan fingerprint density at radius 3 is 2.64 bits per heavy atom. The van der Waals surface area contributed by atoms with Gasteiger partial charge in [0.25, 0.3) is 0 Å². The predicted molar refractivity (Wildman–Crippen MR) is 113 cm³/mol. The number of nitrogens with two attached hydrogens (primary N) is 2. The van der Waals surface area contributed by atoms with Gasteiger partial charge in [-0.25, -0.2) is 0 Å². The lowest BCUT2D eigenvalue weighted by Gasteiger charge is -2.14. The van der Waals surface area contributed by atoms with E-state index >= 15 is 0 Å². The van der Waals surface area contributed by atoms with Crippen LogP contribution in [0.4, 0.5) is 5.69 Å². The molecule has 0 spiro atoms. The molecule has 0 aliphatic carbocycles. The number of pyridine rings is 1. The molecule has 0 saturated carbocycles.